The average Bonchev–Trinajstić information content (AvgIpc) is 2.94. The van der Waals surface area contributed by atoms with Gasteiger partial charge in [0.25, 0.3) is 0 Å². The quantitative estimate of drug-likeness (QED) is 0.548. The van der Waals surface area contributed by atoms with Gasteiger partial charge in [0, 0.05) is 6.08 Å². The largest absolute Gasteiger partial charge is 0.463 e. The Hall–Kier alpha value is -2.54. The third-order valence-electron chi connectivity index (χ3n) is 3.21. The number of nitrogens with zero attached hydrogens (tertiary/aromatic N) is 1. The van der Waals surface area contributed by atoms with Gasteiger partial charge in [-0.1, -0.05) is 42.1 Å². The summed E-state index contributed by atoms with van der Waals surface area (Å²) in [5.41, 5.74) is 0.894. The molecule has 0 aromatic heterocycles. The number of rotatable bonds is 7. The van der Waals surface area contributed by atoms with Gasteiger partial charge in [-0.2, -0.15) is 0 Å². The molecule has 1 aromatic rings. The average molecular weight is 361 g/mol. The van der Waals surface area contributed by atoms with E-state index < -0.39 is 11.9 Å². The van der Waals surface area contributed by atoms with Crippen LogP contribution in [-0.2, 0) is 23.9 Å². The van der Waals surface area contributed by atoms with Crippen LogP contribution < -0.4 is 0 Å². The van der Waals surface area contributed by atoms with Gasteiger partial charge in [-0.3, -0.25) is 4.79 Å². The van der Waals surface area contributed by atoms with E-state index >= 15 is 0 Å². The normalized spacial score (nSPS) is 15.8. The molecule has 0 aliphatic carbocycles. The molecule has 6 nitrogen and oxygen atoms in total. The molecule has 0 saturated carbocycles. The molecular weight excluding hydrogens is 342 g/mol. The molecule has 1 saturated heterocycles. The van der Waals surface area contributed by atoms with Crippen LogP contribution in [0.25, 0.3) is 6.08 Å². The van der Waals surface area contributed by atoms with Crippen LogP contribution in [0.1, 0.15) is 12.5 Å². The lowest BCUT2D eigenvalue weighted by Crippen LogP contribution is -2.29. The number of ether oxygens (including phenoxy) is 2. The summed E-state index contributed by atoms with van der Waals surface area (Å²) < 4.78 is 9.95. The van der Waals surface area contributed by atoms with E-state index in [1.807, 2.05) is 30.3 Å². The van der Waals surface area contributed by atoms with Gasteiger partial charge >= 0.3 is 11.9 Å². The molecule has 0 spiro atoms. The first kappa shape index (κ1) is 18.8. The molecule has 1 aromatic carbocycles. The lowest BCUT2D eigenvalue weighted by molar-refractivity contribution is -0.140. The van der Waals surface area contributed by atoms with Crippen molar-refractivity contribution in [1.82, 2.24) is 4.90 Å². The standard InChI is InChI=1S/C18H19NO5S/c1-2-23-18(22)12-16-19(15(20)13-25-16)10-11-24-17(21)9-8-14-6-4-3-5-7-14/h3-9,12H,2,10-11,13H2,1H3/b9-8+,16-12-. The predicted molar refractivity (Wildman–Crippen MR) is 95.3 cm³/mol. The fraction of sp³-hybridized carbons (Fsp3) is 0.278. The molecule has 1 heterocycles. The summed E-state index contributed by atoms with van der Waals surface area (Å²) in [6.45, 7) is 2.22. The van der Waals surface area contributed by atoms with Crippen molar-refractivity contribution in [2.45, 2.75) is 6.92 Å². The second kappa shape index (κ2) is 9.68. The Kier molecular flexibility index (Phi) is 7.28. The molecule has 25 heavy (non-hydrogen) atoms. The van der Waals surface area contributed by atoms with Crippen molar-refractivity contribution in [3.63, 3.8) is 0 Å². The molecule has 1 amide bonds. The van der Waals surface area contributed by atoms with E-state index in [2.05, 4.69) is 0 Å². The predicted octanol–water partition coefficient (Wildman–Crippen LogP) is 2.22. The van der Waals surface area contributed by atoms with E-state index in [4.69, 9.17) is 9.47 Å². The van der Waals surface area contributed by atoms with Crippen molar-refractivity contribution in [1.29, 1.82) is 0 Å². The van der Waals surface area contributed by atoms with Gasteiger partial charge in [-0.25, -0.2) is 9.59 Å². The van der Waals surface area contributed by atoms with Crippen LogP contribution in [0.4, 0.5) is 0 Å². The van der Waals surface area contributed by atoms with Gasteiger partial charge in [0.05, 0.1) is 30.0 Å². The van der Waals surface area contributed by atoms with Crippen LogP contribution in [0.15, 0.2) is 47.5 Å². The summed E-state index contributed by atoms with van der Waals surface area (Å²) in [5.74, 6) is -0.851. The number of thioether (sulfide) groups is 1. The zero-order valence-electron chi connectivity index (χ0n) is 13.8. The summed E-state index contributed by atoms with van der Waals surface area (Å²) in [6, 6.07) is 9.38. The monoisotopic (exact) mass is 361 g/mol. The Balaban J connectivity index is 1.83. The highest BCUT2D eigenvalue weighted by atomic mass is 32.2. The second-order valence-electron chi connectivity index (χ2n) is 4.98. The molecule has 2 rings (SSSR count). The van der Waals surface area contributed by atoms with Crippen LogP contribution in [-0.4, -0.2) is 48.3 Å². The van der Waals surface area contributed by atoms with Crippen LogP contribution >= 0.6 is 11.8 Å². The number of amides is 1. The minimum absolute atomic E-state index is 0.0461. The Morgan fingerprint density at radius 2 is 1.96 bits per heavy atom. The number of hydrogen-bond donors (Lipinski definition) is 0. The zero-order valence-corrected chi connectivity index (χ0v) is 14.7. The fourth-order valence-corrected chi connectivity index (χ4v) is 3.02. The van der Waals surface area contributed by atoms with Crippen molar-refractivity contribution in [2.24, 2.45) is 0 Å². The van der Waals surface area contributed by atoms with E-state index in [0.29, 0.717) is 5.03 Å². The highest BCUT2D eigenvalue weighted by Crippen LogP contribution is 2.28. The summed E-state index contributed by atoms with van der Waals surface area (Å²) in [4.78, 5) is 36.5. The van der Waals surface area contributed by atoms with Crippen molar-refractivity contribution < 1.29 is 23.9 Å². The first-order valence-corrected chi connectivity index (χ1v) is 8.80. The minimum atomic E-state index is -0.493. The Morgan fingerprint density at radius 3 is 2.68 bits per heavy atom. The Morgan fingerprint density at radius 1 is 1.20 bits per heavy atom. The van der Waals surface area contributed by atoms with Crippen molar-refractivity contribution in [3.05, 3.63) is 53.1 Å². The third-order valence-corrected chi connectivity index (χ3v) is 4.23. The molecule has 0 bridgehead atoms. The van der Waals surface area contributed by atoms with Crippen molar-refractivity contribution >= 4 is 35.7 Å². The lowest BCUT2D eigenvalue weighted by atomic mass is 10.2. The highest BCUT2D eigenvalue weighted by molar-refractivity contribution is 8.04. The summed E-state index contributed by atoms with van der Waals surface area (Å²) >= 11 is 1.26. The number of benzene rings is 1. The smallest absolute Gasteiger partial charge is 0.333 e. The Labute approximate surface area is 150 Å². The van der Waals surface area contributed by atoms with E-state index in [-0.39, 0.29) is 31.4 Å². The van der Waals surface area contributed by atoms with Gasteiger partial charge < -0.3 is 14.4 Å². The number of carbonyl (C=O) groups is 3. The molecule has 0 unspecified atom stereocenters. The molecule has 0 radical (unpaired) electrons. The maximum Gasteiger partial charge on any atom is 0.333 e. The molecule has 1 fully saturated rings. The van der Waals surface area contributed by atoms with Gasteiger partial charge in [0.15, 0.2) is 0 Å². The SMILES string of the molecule is CCOC(=O)/C=C1\SCC(=O)N1CCOC(=O)/C=C/c1ccccc1. The number of esters is 2. The number of carbonyl (C=O) groups excluding carboxylic acids is 3. The summed E-state index contributed by atoms with van der Waals surface area (Å²) in [7, 11) is 0. The maximum absolute atomic E-state index is 11.9. The van der Waals surface area contributed by atoms with Crippen molar-refractivity contribution in [2.75, 3.05) is 25.5 Å². The fourth-order valence-electron chi connectivity index (χ4n) is 2.07. The first-order chi connectivity index (χ1) is 12.1. The van der Waals surface area contributed by atoms with Crippen LogP contribution in [0.2, 0.25) is 0 Å². The lowest BCUT2D eigenvalue weighted by Gasteiger charge is -2.16. The van der Waals surface area contributed by atoms with E-state index in [0.717, 1.165) is 5.56 Å². The van der Waals surface area contributed by atoms with Crippen LogP contribution in [0.3, 0.4) is 0 Å². The molecule has 1 aliphatic heterocycles. The molecule has 7 heteroatoms. The third kappa shape index (κ3) is 6.11. The van der Waals surface area contributed by atoms with Gasteiger partial charge in [-0.15, -0.1) is 0 Å². The minimum Gasteiger partial charge on any atom is -0.463 e. The summed E-state index contributed by atoms with van der Waals surface area (Å²) in [5, 5.41) is 0.513. The van der Waals surface area contributed by atoms with Crippen LogP contribution in [0, 0.1) is 0 Å². The van der Waals surface area contributed by atoms with Crippen molar-refractivity contribution in [3.8, 4) is 0 Å². The zero-order chi connectivity index (χ0) is 18.1. The van der Waals surface area contributed by atoms with Crippen LogP contribution in [0.5, 0.6) is 0 Å². The first-order valence-electron chi connectivity index (χ1n) is 7.81. The molecular formula is C18H19NO5S. The van der Waals surface area contributed by atoms with E-state index in [1.54, 1.807) is 13.0 Å². The van der Waals surface area contributed by atoms with Gasteiger partial charge in [0.2, 0.25) is 5.91 Å². The number of hydrogen-bond acceptors (Lipinski definition) is 6. The van der Waals surface area contributed by atoms with Gasteiger partial charge in [0.1, 0.15) is 6.61 Å². The highest BCUT2D eigenvalue weighted by Gasteiger charge is 2.27. The molecule has 0 atom stereocenters. The second-order valence-corrected chi connectivity index (χ2v) is 5.98. The molecule has 132 valence electrons. The Bertz CT molecular complexity index is 684. The molecule has 1 aliphatic rings. The van der Waals surface area contributed by atoms with Gasteiger partial charge in [-0.05, 0) is 18.6 Å². The van der Waals surface area contributed by atoms with E-state index in [1.165, 1.54) is 28.8 Å². The summed E-state index contributed by atoms with van der Waals surface area (Å²) in [6.07, 6.45) is 4.28. The topological polar surface area (TPSA) is 72.9 Å². The molecule has 0 N–H and O–H groups in total. The maximum atomic E-state index is 11.9. The van der Waals surface area contributed by atoms with E-state index in [9.17, 15) is 14.4 Å².